The monoisotopic (exact) mass is 608 g/mol. The minimum absolute atomic E-state index is 0.0685. The highest BCUT2D eigenvalue weighted by Crippen LogP contribution is 2.39. The van der Waals surface area contributed by atoms with Gasteiger partial charge in [0, 0.05) is 30.3 Å². The van der Waals surface area contributed by atoms with E-state index in [1.165, 1.54) is 19.2 Å². The van der Waals surface area contributed by atoms with E-state index in [1.54, 1.807) is 24.3 Å². The molecule has 1 aromatic heterocycles. The van der Waals surface area contributed by atoms with Crippen LogP contribution in [0.2, 0.25) is 5.15 Å². The molecule has 3 aromatic rings. The summed E-state index contributed by atoms with van der Waals surface area (Å²) in [5.74, 6) is -0.769. The molecule has 1 fully saturated rings. The zero-order valence-corrected chi connectivity index (χ0v) is 24.2. The molecule has 2 aromatic carbocycles. The largest absolute Gasteiger partial charge is 0.573 e. The lowest BCUT2D eigenvalue weighted by atomic mass is 10.0. The molecule has 3 atom stereocenters. The van der Waals surface area contributed by atoms with Gasteiger partial charge in [0.15, 0.2) is 0 Å². The number of carbonyl (C=O) groups excluding carboxylic acids is 1. The number of rotatable bonds is 9. The third-order valence-electron chi connectivity index (χ3n) is 7.25. The number of imidazole rings is 1. The lowest BCUT2D eigenvalue weighted by Gasteiger charge is -2.30. The van der Waals surface area contributed by atoms with Crippen molar-refractivity contribution in [1.29, 1.82) is 0 Å². The van der Waals surface area contributed by atoms with Crippen molar-refractivity contribution in [2.24, 2.45) is 11.8 Å². The summed E-state index contributed by atoms with van der Waals surface area (Å²) in [6, 6.07) is 9.65. The van der Waals surface area contributed by atoms with Gasteiger partial charge >= 0.3 is 18.4 Å². The number of aromatic amines is 1. The first-order chi connectivity index (χ1) is 19.8. The Kier molecular flexibility index (Phi) is 9.37. The van der Waals surface area contributed by atoms with Crippen molar-refractivity contribution < 1.29 is 37.3 Å². The fraction of sp³-hybridized carbons (Fsp3) is 0.414. The lowest BCUT2D eigenvalue weighted by molar-refractivity contribution is -0.274. The highest BCUT2D eigenvalue weighted by molar-refractivity contribution is 6.31. The third-order valence-corrected chi connectivity index (χ3v) is 7.53. The quantitative estimate of drug-likeness (QED) is 0.246. The number of nitrogens with one attached hydrogen (secondary N) is 2. The van der Waals surface area contributed by atoms with Crippen molar-refractivity contribution in [3.63, 3.8) is 0 Å². The van der Waals surface area contributed by atoms with Gasteiger partial charge in [-0.2, -0.15) is 0 Å². The molecule has 9 nitrogen and oxygen atoms in total. The predicted octanol–water partition coefficient (Wildman–Crippen LogP) is 6.76. The van der Waals surface area contributed by atoms with Crippen molar-refractivity contribution in [2.75, 3.05) is 20.2 Å². The van der Waals surface area contributed by atoms with E-state index in [4.69, 9.17) is 21.3 Å². The highest BCUT2D eigenvalue weighted by atomic mass is 35.5. The number of methoxy groups -OCH3 is 1. The topological polar surface area (TPSA) is 117 Å². The van der Waals surface area contributed by atoms with E-state index in [9.17, 15) is 27.9 Å². The molecule has 42 heavy (non-hydrogen) atoms. The summed E-state index contributed by atoms with van der Waals surface area (Å²) in [4.78, 5) is 33.4. The molecular weight excluding hydrogens is 577 g/mol. The van der Waals surface area contributed by atoms with Gasteiger partial charge in [0.25, 0.3) is 0 Å². The number of likely N-dealkylation sites (tertiary alicyclic amines) is 1. The fourth-order valence-electron chi connectivity index (χ4n) is 5.13. The molecule has 13 heteroatoms. The molecular formula is C29H32ClF3N4O5. The van der Waals surface area contributed by atoms with Gasteiger partial charge in [-0.1, -0.05) is 56.6 Å². The van der Waals surface area contributed by atoms with Gasteiger partial charge in [-0.25, -0.2) is 14.6 Å². The number of carboxylic acid groups (broad SMARTS) is 1. The molecule has 1 aliphatic rings. The third kappa shape index (κ3) is 7.35. The summed E-state index contributed by atoms with van der Waals surface area (Å²) in [6.45, 7) is 7.60. The molecule has 3 N–H and O–H groups in total. The second-order valence-electron chi connectivity index (χ2n) is 10.7. The number of ether oxygens (including phenoxy) is 2. The molecule has 2 heterocycles. The van der Waals surface area contributed by atoms with Crippen LogP contribution in [0.1, 0.15) is 49.4 Å². The van der Waals surface area contributed by atoms with E-state index in [0.29, 0.717) is 40.3 Å². The first kappa shape index (κ1) is 31.2. The molecule has 0 aliphatic carbocycles. The van der Waals surface area contributed by atoms with Crippen LogP contribution in [0, 0.1) is 11.8 Å². The molecule has 4 rings (SSSR count). The number of hydrogen-bond donors (Lipinski definition) is 3. The molecule has 0 bridgehead atoms. The average molecular weight is 609 g/mol. The van der Waals surface area contributed by atoms with Crippen molar-refractivity contribution >= 4 is 23.7 Å². The molecule has 1 saturated heterocycles. The SMILES string of the molecule is COC(=O)N[C@H](CN1C[C@@H](C)C[C@H]1c1nc(-c2ccc(-c3ccc(C(=O)O)cc3OC(F)(F)F)cc2)c(Cl)[nH]1)C(C)C. The smallest absolute Gasteiger partial charge is 0.478 e. The Bertz CT molecular complexity index is 1430. The Morgan fingerprint density at radius 2 is 1.86 bits per heavy atom. The van der Waals surface area contributed by atoms with Crippen LogP contribution in [-0.4, -0.2) is 64.6 Å². The van der Waals surface area contributed by atoms with Gasteiger partial charge < -0.3 is 24.9 Å². The maximum Gasteiger partial charge on any atom is 0.573 e. The average Bonchev–Trinajstić information content (AvgIpc) is 3.48. The van der Waals surface area contributed by atoms with E-state index >= 15 is 0 Å². The maximum absolute atomic E-state index is 13.0. The lowest BCUT2D eigenvalue weighted by Crippen LogP contribution is -2.46. The zero-order chi connectivity index (χ0) is 30.8. The van der Waals surface area contributed by atoms with Gasteiger partial charge in [-0.15, -0.1) is 13.2 Å². The van der Waals surface area contributed by atoms with Crippen LogP contribution >= 0.6 is 11.6 Å². The molecule has 0 spiro atoms. The number of benzene rings is 2. The Morgan fingerprint density at radius 1 is 1.19 bits per heavy atom. The van der Waals surface area contributed by atoms with Crippen molar-refractivity contribution in [2.45, 2.75) is 45.6 Å². The zero-order valence-electron chi connectivity index (χ0n) is 23.5. The van der Waals surface area contributed by atoms with Gasteiger partial charge in [0.1, 0.15) is 22.4 Å². The van der Waals surface area contributed by atoms with Crippen LogP contribution in [0.4, 0.5) is 18.0 Å². The van der Waals surface area contributed by atoms with Crippen LogP contribution in [0.25, 0.3) is 22.4 Å². The summed E-state index contributed by atoms with van der Waals surface area (Å²) >= 11 is 6.58. The molecule has 1 amide bonds. The van der Waals surface area contributed by atoms with Gasteiger partial charge in [0.2, 0.25) is 0 Å². The number of halogens is 4. The Hall–Kier alpha value is -3.77. The van der Waals surface area contributed by atoms with Crippen LogP contribution < -0.4 is 10.1 Å². The van der Waals surface area contributed by atoms with Gasteiger partial charge in [0.05, 0.1) is 18.7 Å². The Labute approximate surface area is 246 Å². The van der Waals surface area contributed by atoms with E-state index < -0.39 is 24.2 Å². The number of carbonyl (C=O) groups is 2. The number of carboxylic acids is 1. The van der Waals surface area contributed by atoms with E-state index in [2.05, 4.69) is 26.9 Å². The maximum atomic E-state index is 13.0. The molecule has 226 valence electrons. The summed E-state index contributed by atoms with van der Waals surface area (Å²) in [7, 11) is 1.33. The van der Waals surface area contributed by atoms with E-state index in [-0.39, 0.29) is 29.1 Å². The molecule has 0 radical (unpaired) electrons. The highest BCUT2D eigenvalue weighted by Gasteiger charge is 2.36. The number of alkyl carbamates (subject to hydrolysis) is 1. The minimum atomic E-state index is -5.00. The number of alkyl halides is 3. The van der Waals surface area contributed by atoms with Gasteiger partial charge in [-0.05, 0) is 42.0 Å². The summed E-state index contributed by atoms with van der Waals surface area (Å²) in [6.07, 6.45) is -4.65. The van der Waals surface area contributed by atoms with E-state index in [0.717, 1.165) is 19.0 Å². The standard InChI is InChI=1S/C29H32ClF3N4O5/c1-15(2)21(34-28(40)41-4)14-37-13-16(3)11-22(37)26-35-24(25(30)36-26)18-7-5-17(6-8-18)20-10-9-19(27(38)39)12-23(20)42-29(31,32)33/h5-10,12,15-16,21-22H,11,13-14H2,1-4H3,(H,34,40)(H,35,36)(H,38,39)/t16-,21+,22-/m0/s1. The Morgan fingerprint density at radius 3 is 2.45 bits per heavy atom. The summed E-state index contributed by atoms with van der Waals surface area (Å²) < 4.78 is 48.0. The molecule has 0 unspecified atom stereocenters. The summed E-state index contributed by atoms with van der Waals surface area (Å²) in [5, 5.41) is 12.4. The van der Waals surface area contributed by atoms with Crippen LogP contribution in [0.3, 0.4) is 0 Å². The first-order valence-corrected chi connectivity index (χ1v) is 13.7. The van der Waals surface area contributed by atoms with Gasteiger partial charge in [-0.3, -0.25) is 4.90 Å². The minimum Gasteiger partial charge on any atom is -0.478 e. The first-order valence-electron chi connectivity index (χ1n) is 13.3. The fourth-order valence-corrected chi connectivity index (χ4v) is 5.38. The normalized spacial score (nSPS) is 18.2. The number of nitrogens with zero attached hydrogens (tertiary/aromatic N) is 2. The number of aromatic carboxylic acids is 1. The van der Waals surface area contributed by atoms with Crippen molar-refractivity contribution in [1.82, 2.24) is 20.2 Å². The number of aromatic nitrogens is 2. The summed E-state index contributed by atoms with van der Waals surface area (Å²) in [5.41, 5.74) is 1.25. The van der Waals surface area contributed by atoms with Crippen LogP contribution in [0.5, 0.6) is 5.75 Å². The van der Waals surface area contributed by atoms with Crippen molar-refractivity contribution in [3.8, 4) is 28.1 Å². The number of H-pyrrole nitrogens is 1. The number of amides is 1. The molecule has 1 aliphatic heterocycles. The molecule has 0 saturated carbocycles. The second kappa shape index (κ2) is 12.6. The number of hydrogen-bond acceptors (Lipinski definition) is 6. The Balaban J connectivity index is 1.59. The second-order valence-corrected chi connectivity index (χ2v) is 11.1. The predicted molar refractivity (Wildman–Crippen MR) is 150 cm³/mol. The van der Waals surface area contributed by atoms with Crippen LogP contribution in [-0.2, 0) is 4.74 Å². The van der Waals surface area contributed by atoms with Crippen LogP contribution in [0.15, 0.2) is 42.5 Å². The van der Waals surface area contributed by atoms with Crippen molar-refractivity contribution in [3.05, 3.63) is 59.0 Å². The van der Waals surface area contributed by atoms with E-state index in [1.807, 2.05) is 13.8 Å².